The summed E-state index contributed by atoms with van der Waals surface area (Å²) in [5.41, 5.74) is 5.01. The maximum Gasteiger partial charge on any atom is 0.0594 e. The zero-order chi connectivity index (χ0) is 22.8. The van der Waals surface area contributed by atoms with E-state index in [1.807, 2.05) is 11.1 Å². The van der Waals surface area contributed by atoms with Crippen LogP contribution in [0.5, 0.6) is 0 Å². The van der Waals surface area contributed by atoms with Crippen LogP contribution in [0.25, 0.3) is 0 Å². The molecular formula is C30H52O. The molecular weight excluding hydrogens is 376 g/mol. The minimum Gasteiger partial charge on any atom is -0.393 e. The number of aliphatic hydroxyl groups excluding tert-OH is 1. The molecule has 0 aromatic carbocycles. The van der Waals surface area contributed by atoms with Gasteiger partial charge < -0.3 is 5.11 Å². The van der Waals surface area contributed by atoms with E-state index in [2.05, 4.69) is 55.4 Å². The van der Waals surface area contributed by atoms with E-state index in [9.17, 15) is 5.11 Å². The maximum absolute atomic E-state index is 10.8. The van der Waals surface area contributed by atoms with Crippen molar-refractivity contribution in [1.29, 1.82) is 0 Å². The van der Waals surface area contributed by atoms with Gasteiger partial charge in [-0.25, -0.2) is 0 Å². The molecule has 0 saturated heterocycles. The lowest BCUT2D eigenvalue weighted by atomic mass is 9.43. The van der Waals surface area contributed by atoms with Gasteiger partial charge in [0.15, 0.2) is 0 Å². The van der Waals surface area contributed by atoms with Gasteiger partial charge in [-0.05, 0) is 96.7 Å². The molecule has 7 atom stereocenters. The van der Waals surface area contributed by atoms with Crippen LogP contribution in [-0.4, -0.2) is 11.2 Å². The third-order valence-corrected chi connectivity index (χ3v) is 11.9. The summed E-state index contributed by atoms with van der Waals surface area (Å²) < 4.78 is 0. The van der Waals surface area contributed by atoms with Gasteiger partial charge in [0.1, 0.15) is 0 Å². The fourth-order valence-corrected chi connectivity index (χ4v) is 9.68. The lowest BCUT2D eigenvalue weighted by molar-refractivity contribution is -0.0962. The maximum atomic E-state index is 10.8. The molecule has 0 spiro atoms. The minimum absolute atomic E-state index is 0.0519. The molecule has 1 heteroatoms. The van der Waals surface area contributed by atoms with E-state index >= 15 is 0 Å². The van der Waals surface area contributed by atoms with Crippen molar-refractivity contribution in [2.45, 2.75) is 132 Å². The van der Waals surface area contributed by atoms with Gasteiger partial charge in [-0.3, -0.25) is 0 Å². The average Bonchev–Trinajstić information content (AvgIpc) is 2.96. The highest BCUT2D eigenvalue weighted by Gasteiger charge is 2.63. The highest BCUT2D eigenvalue weighted by molar-refractivity contribution is 5.38. The summed E-state index contributed by atoms with van der Waals surface area (Å²) in [6, 6.07) is 0. The minimum atomic E-state index is -0.125. The second kappa shape index (κ2) is 7.89. The first kappa shape index (κ1) is 23.8. The molecule has 0 aromatic heterocycles. The van der Waals surface area contributed by atoms with Crippen LogP contribution in [0.1, 0.15) is 126 Å². The Morgan fingerprint density at radius 1 is 0.839 bits per heavy atom. The number of aliphatic hydroxyl groups is 1. The Hall–Kier alpha value is -0.300. The van der Waals surface area contributed by atoms with Crippen molar-refractivity contribution >= 4 is 0 Å². The van der Waals surface area contributed by atoms with Gasteiger partial charge in [0.25, 0.3) is 0 Å². The fourth-order valence-electron chi connectivity index (χ4n) is 9.68. The van der Waals surface area contributed by atoms with Gasteiger partial charge >= 0.3 is 0 Å². The van der Waals surface area contributed by atoms with E-state index in [1.54, 1.807) is 0 Å². The molecule has 4 aliphatic rings. The van der Waals surface area contributed by atoms with Crippen LogP contribution in [0.15, 0.2) is 11.1 Å². The van der Waals surface area contributed by atoms with Crippen molar-refractivity contribution in [3.05, 3.63) is 11.1 Å². The molecule has 0 amide bonds. The highest BCUT2D eigenvalue weighted by Crippen LogP contribution is 2.72. The number of hydrogen-bond acceptors (Lipinski definition) is 1. The Morgan fingerprint density at radius 3 is 2.23 bits per heavy atom. The zero-order valence-corrected chi connectivity index (χ0v) is 22.1. The summed E-state index contributed by atoms with van der Waals surface area (Å²) in [5.74, 6) is 3.24. The molecule has 0 aliphatic heterocycles. The van der Waals surface area contributed by atoms with Crippen molar-refractivity contribution in [3.8, 4) is 0 Å². The van der Waals surface area contributed by atoms with E-state index < -0.39 is 0 Å². The van der Waals surface area contributed by atoms with Gasteiger partial charge in [0.05, 0.1) is 6.10 Å². The molecule has 1 N–H and O–H groups in total. The molecule has 0 aromatic rings. The first-order valence-electron chi connectivity index (χ1n) is 13.8. The molecule has 1 nitrogen and oxygen atoms in total. The number of rotatable bonds is 5. The molecule has 31 heavy (non-hydrogen) atoms. The van der Waals surface area contributed by atoms with Crippen molar-refractivity contribution < 1.29 is 5.11 Å². The molecule has 2 fully saturated rings. The summed E-state index contributed by atoms with van der Waals surface area (Å²) >= 11 is 0. The first-order valence-corrected chi connectivity index (χ1v) is 13.8. The van der Waals surface area contributed by atoms with Gasteiger partial charge in [0.2, 0.25) is 0 Å². The number of hydrogen-bond donors (Lipinski definition) is 1. The van der Waals surface area contributed by atoms with Crippen LogP contribution in [0, 0.1) is 45.3 Å². The van der Waals surface area contributed by atoms with Gasteiger partial charge in [-0.15, -0.1) is 0 Å². The van der Waals surface area contributed by atoms with Crippen LogP contribution >= 0.6 is 0 Å². The Balaban J connectivity index is 1.63. The Bertz CT molecular complexity index is 716. The zero-order valence-electron chi connectivity index (χ0n) is 22.1. The van der Waals surface area contributed by atoms with Gasteiger partial charge in [-0.2, -0.15) is 0 Å². The fraction of sp³-hybridized carbons (Fsp3) is 0.933. The van der Waals surface area contributed by atoms with Crippen LogP contribution in [-0.2, 0) is 0 Å². The topological polar surface area (TPSA) is 20.2 Å². The molecule has 0 radical (unpaired) electrons. The van der Waals surface area contributed by atoms with Crippen LogP contribution in [0.2, 0.25) is 0 Å². The summed E-state index contributed by atoms with van der Waals surface area (Å²) in [5, 5.41) is 10.8. The quantitative estimate of drug-likeness (QED) is 0.435. The van der Waals surface area contributed by atoms with E-state index in [0.29, 0.717) is 22.2 Å². The monoisotopic (exact) mass is 428 g/mol. The molecule has 1 unspecified atom stereocenters. The van der Waals surface area contributed by atoms with Crippen molar-refractivity contribution in [3.63, 3.8) is 0 Å². The molecule has 4 rings (SSSR count). The first-order chi connectivity index (χ1) is 14.4. The van der Waals surface area contributed by atoms with Crippen LogP contribution in [0.3, 0.4) is 0 Å². The molecule has 0 bridgehead atoms. The average molecular weight is 429 g/mol. The summed E-state index contributed by atoms with van der Waals surface area (Å²) in [4.78, 5) is 0. The Labute approximate surface area is 193 Å². The standard InChI is InChI=1S/C30H52O/c1-20(2)10-9-11-21(3)22-14-18-30(8)24-12-13-25-27(4,5)26(31)16-17-28(25,6)23(24)15-19-29(22,30)7/h20-22,25-26,31H,9-19H2,1-8H3/t21-,22-,25?,26+,28-,29-,30+/m1/s1. The van der Waals surface area contributed by atoms with E-state index in [1.165, 1.54) is 64.2 Å². The largest absolute Gasteiger partial charge is 0.393 e. The Morgan fingerprint density at radius 2 is 1.55 bits per heavy atom. The normalized spacial score (nSPS) is 45.3. The summed E-state index contributed by atoms with van der Waals surface area (Å²) in [6.45, 7) is 20.0. The van der Waals surface area contributed by atoms with Crippen LogP contribution < -0.4 is 0 Å². The second-order valence-corrected chi connectivity index (χ2v) is 14.0. The van der Waals surface area contributed by atoms with Crippen molar-refractivity contribution in [2.75, 3.05) is 0 Å². The van der Waals surface area contributed by atoms with Crippen molar-refractivity contribution in [2.24, 2.45) is 45.3 Å². The van der Waals surface area contributed by atoms with E-state index in [-0.39, 0.29) is 11.5 Å². The van der Waals surface area contributed by atoms with Gasteiger partial charge in [0, 0.05) is 0 Å². The summed E-state index contributed by atoms with van der Waals surface area (Å²) in [7, 11) is 0. The highest BCUT2D eigenvalue weighted by atomic mass is 16.3. The van der Waals surface area contributed by atoms with E-state index in [4.69, 9.17) is 0 Å². The second-order valence-electron chi connectivity index (χ2n) is 14.0. The SMILES string of the molecule is CC(C)CCC[C@@H](C)[C@H]1CC[C@@]2(C)C3=C(CC[C@]12C)[C@@]1(C)CC[C@H](O)C(C)(C)C1CC3. The number of allylic oxidation sites excluding steroid dienone is 2. The summed E-state index contributed by atoms with van der Waals surface area (Å²) in [6.07, 6.45) is 14.4. The lowest BCUT2D eigenvalue weighted by Gasteiger charge is -2.62. The van der Waals surface area contributed by atoms with Crippen molar-refractivity contribution in [1.82, 2.24) is 0 Å². The Kier molecular flexibility index (Phi) is 6.07. The molecule has 178 valence electrons. The lowest BCUT2D eigenvalue weighted by Crippen LogP contribution is -2.55. The van der Waals surface area contributed by atoms with Gasteiger partial charge in [-0.1, -0.05) is 85.8 Å². The third-order valence-electron chi connectivity index (χ3n) is 11.9. The third kappa shape index (κ3) is 3.41. The molecule has 4 aliphatic carbocycles. The predicted octanol–water partition coefficient (Wildman–Crippen LogP) is 8.56. The number of fused-ring (bicyclic) bond motifs is 4. The van der Waals surface area contributed by atoms with Crippen LogP contribution in [0.4, 0.5) is 0 Å². The molecule has 2 saturated carbocycles. The smallest absolute Gasteiger partial charge is 0.0594 e. The van der Waals surface area contributed by atoms with E-state index in [0.717, 1.165) is 24.2 Å². The molecule has 0 heterocycles. The predicted molar refractivity (Wildman–Crippen MR) is 133 cm³/mol.